The minimum atomic E-state index is -3.35. The fourth-order valence-electron chi connectivity index (χ4n) is 8.33. The van der Waals surface area contributed by atoms with Crippen LogP contribution in [-0.2, 0) is 25.0 Å². The van der Waals surface area contributed by atoms with Crippen molar-refractivity contribution in [2.24, 2.45) is 0 Å². The van der Waals surface area contributed by atoms with Crippen LogP contribution in [-0.4, -0.2) is 118 Å². The molecule has 2 aromatic carbocycles. The zero-order chi connectivity index (χ0) is 35.6. The zero-order valence-corrected chi connectivity index (χ0v) is 30.4. The van der Waals surface area contributed by atoms with Gasteiger partial charge in [-0.05, 0) is 61.4 Å². The van der Waals surface area contributed by atoms with Crippen molar-refractivity contribution >= 4 is 38.8 Å². The Bertz CT molecular complexity index is 1810. The number of nitrogens with one attached hydrogen (secondary N) is 4. The highest BCUT2D eigenvalue weighted by Crippen LogP contribution is 2.52. The summed E-state index contributed by atoms with van der Waals surface area (Å²) in [5.41, 5.74) is 3.89. The van der Waals surface area contributed by atoms with Crippen molar-refractivity contribution in [3.05, 3.63) is 71.4 Å². The van der Waals surface area contributed by atoms with Crippen LogP contribution >= 0.6 is 0 Å². The maximum Gasteiger partial charge on any atom is 0.318 e. The number of piperidine rings is 2. The molecule has 1 aromatic heterocycles. The van der Waals surface area contributed by atoms with Gasteiger partial charge in [0, 0.05) is 81.3 Å². The lowest BCUT2D eigenvalue weighted by Crippen LogP contribution is -2.58. The number of hydrogen-bond donors (Lipinski definition) is 4. The average molecular weight is 706 g/mol. The molecule has 0 saturated carbocycles. The standard InChI is InChI=1S/C37H51N7O5S/c1-25(30-24-39-32-14-8-6-12-28(30)32)33(41-36(47)43(3)26-10-9-17-38-23-26)35(46)44-19-15-37(16-20-44)22-29(27-11-5-7-13-31(27)37)34(45)42(2)21-18-40-50(4,48)49/h5-8,11-14,24-26,29,33,38-40H,9-10,15-23H2,1-4H3,(H,41,47)/t25-,26?,29-,33-/m1/s1. The number of likely N-dealkylation sites (N-methyl/N-ethyl adjacent to an activating group) is 2. The van der Waals surface area contributed by atoms with Crippen LogP contribution in [0.4, 0.5) is 4.79 Å². The molecule has 0 bridgehead atoms. The van der Waals surface area contributed by atoms with E-state index in [-0.39, 0.29) is 54.2 Å². The van der Waals surface area contributed by atoms with Gasteiger partial charge in [0.25, 0.3) is 0 Å². The SMILES string of the molecule is C[C@H](c1c[nH]c2ccccc12)[C@@H](NC(=O)N(C)C1CCCNC1)C(=O)N1CCC2(CC1)C[C@@H](C(=O)N(C)CCNS(C)(=O)=O)c1ccccc12. The first-order valence-electron chi connectivity index (χ1n) is 17.8. The first-order chi connectivity index (χ1) is 23.9. The van der Waals surface area contributed by atoms with Crippen molar-refractivity contribution in [3.63, 3.8) is 0 Å². The molecule has 3 aliphatic rings. The molecule has 3 aromatic rings. The number of carbonyl (C=O) groups excluding carboxylic acids is 3. The number of fused-ring (bicyclic) bond motifs is 3. The molecule has 2 aliphatic heterocycles. The lowest BCUT2D eigenvalue weighted by molar-refractivity contribution is -0.136. The van der Waals surface area contributed by atoms with Crippen LogP contribution in [0.5, 0.6) is 0 Å². The lowest BCUT2D eigenvalue weighted by Gasteiger charge is -2.42. The molecule has 270 valence electrons. The van der Waals surface area contributed by atoms with Crippen LogP contribution in [0.15, 0.2) is 54.7 Å². The highest BCUT2D eigenvalue weighted by Gasteiger charge is 2.49. The molecular formula is C37H51N7O5S. The Morgan fingerprint density at radius 3 is 2.50 bits per heavy atom. The highest BCUT2D eigenvalue weighted by atomic mass is 32.2. The molecule has 2 fully saturated rings. The molecule has 3 heterocycles. The summed E-state index contributed by atoms with van der Waals surface area (Å²) in [6.07, 6.45) is 7.02. The second kappa shape index (κ2) is 14.7. The van der Waals surface area contributed by atoms with Gasteiger partial charge in [-0.15, -0.1) is 0 Å². The molecule has 0 radical (unpaired) electrons. The number of hydrogen-bond acceptors (Lipinski definition) is 6. The summed E-state index contributed by atoms with van der Waals surface area (Å²) in [5, 5.41) is 7.57. The highest BCUT2D eigenvalue weighted by molar-refractivity contribution is 7.88. The number of aromatic amines is 1. The topological polar surface area (TPSA) is 147 Å². The van der Waals surface area contributed by atoms with Gasteiger partial charge in [-0.2, -0.15) is 0 Å². The zero-order valence-electron chi connectivity index (χ0n) is 29.6. The Labute approximate surface area is 295 Å². The van der Waals surface area contributed by atoms with Gasteiger partial charge in [-0.3, -0.25) is 9.59 Å². The van der Waals surface area contributed by atoms with Crippen molar-refractivity contribution in [2.45, 2.75) is 68.4 Å². The predicted molar refractivity (Wildman–Crippen MR) is 194 cm³/mol. The first-order valence-corrected chi connectivity index (χ1v) is 19.7. The quantitative estimate of drug-likeness (QED) is 0.255. The third-order valence-electron chi connectivity index (χ3n) is 11.3. The second-order valence-electron chi connectivity index (χ2n) is 14.5. The Morgan fingerprint density at radius 2 is 1.78 bits per heavy atom. The number of likely N-dealkylation sites (tertiary alicyclic amines) is 1. The van der Waals surface area contributed by atoms with E-state index in [2.05, 4.69) is 26.4 Å². The third-order valence-corrected chi connectivity index (χ3v) is 12.0. The lowest BCUT2D eigenvalue weighted by atomic mass is 9.73. The van der Waals surface area contributed by atoms with E-state index in [1.807, 2.05) is 67.5 Å². The number of H-pyrrole nitrogens is 1. The number of rotatable bonds is 10. The molecule has 6 rings (SSSR count). The maximum absolute atomic E-state index is 14.5. The monoisotopic (exact) mass is 705 g/mol. The van der Waals surface area contributed by atoms with Crippen LogP contribution in [0.3, 0.4) is 0 Å². The summed E-state index contributed by atoms with van der Waals surface area (Å²) in [5.74, 6) is -0.761. The second-order valence-corrected chi connectivity index (χ2v) is 16.3. The fourth-order valence-corrected chi connectivity index (χ4v) is 8.79. The normalized spacial score (nSPS) is 21.4. The van der Waals surface area contributed by atoms with Crippen LogP contribution in [0.1, 0.15) is 67.6 Å². The van der Waals surface area contributed by atoms with Gasteiger partial charge in [0.2, 0.25) is 21.8 Å². The first kappa shape index (κ1) is 35.9. The molecule has 4 N–H and O–H groups in total. The van der Waals surface area contributed by atoms with E-state index in [1.54, 1.807) is 16.8 Å². The summed E-state index contributed by atoms with van der Waals surface area (Å²) in [6, 6.07) is 15.2. The maximum atomic E-state index is 14.5. The molecule has 2 saturated heterocycles. The average Bonchev–Trinajstić information content (AvgIpc) is 3.69. The van der Waals surface area contributed by atoms with Crippen molar-refractivity contribution < 1.29 is 22.8 Å². The van der Waals surface area contributed by atoms with E-state index >= 15 is 0 Å². The molecule has 4 atom stereocenters. The number of benzene rings is 2. The van der Waals surface area contributed by atoms with E-state index in [0.717, 1.165) is 59.8 Å². The molecular weight excluding hydrogens is 655 g/mol. The summed E-state index contributed by atoms with van der Waals surface area (Å²) in [7, 11) is 0.176. The molecule has 13 heteroatoms. The molecule has 1 spiro atoms. The van der Waals surface area contributed by atoms with Gasteiger partial charge >= 0.3 is 6.03 Å². The minimum Gasteiger partial charge on any atom is -0.361 e. The van der Waals surface area contributed by atoms with Crippen LogP contribution in [0.25, 0.3) is 10.9 Å². The van der Waals surface area contributed by atoms with E-state index in [4.69, 9.17) is 0 Å². The summed E-state index contributed by atoms with van der Waals surface area (Å²) < 4.78 is 25.6. The fraction of sp³-hybridized carbons (Fsp3) is 0.541. The Kier molecular flexibility index (Phi) is 10.6. The van der Waals surface area contributed by atoms with Crippen molar-refractivity contribution in [1.82, 2.24) is 35.0 Å². The predicted octanol–water partition coefficient (Wildman–Crippen LogP) is 3.09. The largest absolute Gasteiger partial charge is 0.361 e. The molecule has 50 heavy (non-hydrogen) atoms. The summed E-state index contributed by atoms with van der Waals surface area (Å²) in [4.78, 5) is 50.6. The van der Waals surface area contributed by atoms with Crippen molar-refractivity contribution in [3.8, 4) is 0 Å². The number of nitrogens with zero attached hydrogens (tertiary/aromatic N) is 3. The number of aromatic nitrogens is 1. The molecule has 1 unspecified atom stereocenters. The van der Waals surface area contributed by atoms with E-state index < -0.39 is 16.1 Å². The number of urea groups is 1. The Morgan fingerprint density at radius 1 is 1.06 bits per heavy atom. The van der Waals surface area contributed by atoms with E-state index in [1.165, 1.54) is 0 Å². The van der Waals surface area contributed by atoms with Crippen molar-refractivity contribution in [1.29, 1.82) is 0 Å². The van der Waals surface area contributed by atoms with Gasteiger partial charge in [0.15, 0.2) is 0 Å². The van der Waals surface area contributed by atoms with Gasteiger partial charge in [0.1, 0.15) is 6.04 Å². The van der Waals surface area contributed by atoms with Crippen molar-refractivity contribution in [2.75, 3.05) is 59.6 Å². The minimum absolute atomic E-state index is 0.0317. The molecule has 12 nitrogen and oxygen atoms in total. The number of para-hydroxylation sites is 1. The summed E-state index contributed by atoms with van der Waals surface area (Å²) in [6.45, 7) is 5.13. The van der Waals surface area contributed by atoms with Gasteiger partial charge in [-0.25, -0.2) is 17.9 Å². The van der Waals surface area contributed by atoms with Crippen LogP contribution < -0.4 is 15.4 Å². The summed E-state index contributed by atoms with van der Waals surface area (Å²) >= 11 is 0. The van der Waals surface area contributed by atoms with E-state index in [9.17, 15) is 22.8 Å². The van der Waals surface area contributed by atoms with Crippen LogP contribution in [0.2, 0.25) is 0 Å². The number of carbonyl (C=O) groups is 3. The van der Waals surface area contributed by atoms with Gasteiger partial charge in [0.05, 0.1) is 12.2 Å². The molecule has 1 aliphatic carbocycles. The smallest absolute Gasteiger partial charge is 0.318 e. The van der Waals surface area contributed by atoms with Gasteiger partial charge in [-0.1, -0.05) is 49.4 Å². The Balaban J connectivity index is 1.19. The number of sulfonamides is 1. The number of amides is 4. The van der Waals surface area contributed by atoms with Gasteiger partial charge < -0.3 is 30.3 Å². The Hall–Kier alpha value is -3.94. The molecule has 4 amide bonds. The van der Waals surface area contributed by atoms with E-state index in [0.29, 0.717) is 32.4 Å². The third kappa shape index (κ3) is 7.40. The van der Waals surface area contributed by atoms with Crippen LogP contribution in [0, 0.1) is 0 Å².